The quantitative estimate of drug-likeness (QED) is 0.539. The third-order valence-corrected chi connectivity index (χ3v) is 4.53. The van der Waals surface area contributed by atoms with Crippen molar-refractivity contribution in [1.82, 2.24) is 5.48 Å². The normalized spacial score (nSPS) is 12.1. The molecule has 1 aliphatic heterocycles. The van der Waals surface area contributed by atoms with E-state index in [2.05, 4.69) is 41.3 Å². The number of para-hydroxylation sites is 2. The Labute approximate surface area is 152 Å². The van der Waals surface area contributed by atoms with Crippen LogP contribution in [0.2, 0.25) is 0 Å². The van der Waals surface area contributed by atoms with Gasteiger partial charge in [-0.2, -0.15) is 0 Å². The first-order valence-electron chi connectivity index (χ1n) is 8.43. The van der Waals surface area contributed by atoms with Gasteiger partial charge < -0.3 is 4.90 Å². The number of carbonyl (C=O) groups excluding carboxylic acids is 1. The summed E-state index contributed by atoms with van der Waals surface area (Å²) >= 11 is 0. The highest BCUT2D eigenvalue weighted by atomic mass is 16.5. The molecule has 26 heavy (non-hydrogen) atoms. The standard InChI is InChI=1S/C22H18N2O2/c25-22(23-26)19-9-5-6-16(14-19)15-24-20-10-3-1-7-17(20)12-13-18-8-2-4-11-21(18)24/h1-14,26H,15H2,(H,23,25). The zero-order chi connectivity index (χ0) is 17.9. The van der Waals surface area contributed by atoms with E-state index < -0.39 is 5.91 Å². The molecule has 0 fully saturated rings. The predicted octanol–water partition coefficient (Wildman–Crippen LogP) is 4.63. The lowest BCUT2D eigenvalue weighted by Crippen LogP contribution is -2.20. The maximum Gasteiger partial charge on any atom is 0.274 e. The van der Waals surface area contributed by atoms with Gasteiger partial charge in [0, 0.05) is 23.5 Å². The van der Waals surface area contributed by atoms with Crippen molar-refractivity contribution in [2.45, 2.75) is 6.54 Å². The first kappa shape index (κ1) is 16.1. The van der Waals surface area contributed by atoms with Crippen molar-refractivity contribution in [3.63, 3.8) is 0 Å². The fraction of sp³-hybridized carbons (Fsp3) is 0.0455. The number of hydrogen-bond donors (Lipinski definition) is 2. The van der Waals surface area contributed by atoms with Crippen LogP contribution in [0.3, 0.4) is 0 Å². The molecule has 0 radical (unpaired) electrons. The van der Waals surface area contributed by atoms with E-state index in [1.165, 1.54) is 0 Å². The second-order valence-corrected chi connectivity index (χ2v) is 6.18. The molecule has 3 aromatic carbocycles. The third kappa shape index (κ3) is 2.98. The molecule has 0 saturated heterocycles. The minimum atomic E-state index is -0.509. The van der Waals surface area contributed by atoms with Crippen LogP contribution < -0.4 is 10.4 Å². The summed E-state index contributed by atoms with van der Waals surface area (Å²) in [4.78, 5) is 14.0. The molecule has 0 aliphatic carbocycles. The highest BCUT2D eigenvalue weighted by Crippen LogP contribution is 2.37. The minimum absolute atomic E-state index is 0.430. The number of nitrogens with one attached hydrogen (secondary N) is 1. The fourth-order valence-electron chi connectivity index (χ4n) is 3.29. The summed E-state index contributed by atoms with van der Waals surface area (Å²) in [6.45, 7) is 0.613. The van der Waals surface area contributed by atoms with Gasteiger partial charge in [-0.1, -0.05) is 60.7 Å². The molecule has 4 heteroatoms. The van der Waals surface area contributed by atoms with Crippen molar-refractivity contribution in [3.05, 3.63) is 95.1 Å². The fourth-order valence-corrected chi connectivity index (χ4v) is 3.29. The van der Waals surface area contributed by atoms with Gasteiger partial charge in [0.2, 0.25) is 0 Å². The van der Waals surface area contributed by atoms with Crippen LogP contribution in [0.5, 0.6) is 0 Å². The Morgan fingerprint density at radius 3 is 2.08 bits per heavy atom. The van der Waals surface area contributed by atoms with Crippen molar-refractivity contribution in [2.75, 3.05) is 4.90 Å². The molecule has 3 aromatic rings. The summed E-state index contributed by atoms with van der Waals surface area (Å²) in [6, 6.07) is 23.8. The molecule has 0 unspecified atom stereocenters. The van der Waals surface area contributed by atoms with Crippen molar-refractivity contribution < 1.29 is 10.0 Å². The van der Waals surface area contributed by atoms with Crippen LogP contribution in [-0.2, 0) is 6.54 Å². The minimum Gasteiger partial charge on any atom is -0.336 e. The van der Waals surface area contributed by atoms with Gasteiger partial charge in [-0.15, -0.1) is 0 Å². The number of anilines is 2. The molecule has 2 N–H and O–H groups in total. The molecular weight excluding hydrogens is 324 g/mol. The third-order valence-electron chi connectivity index (χ3n) is 4.53. The first-order valence-corrected chi connectivity index (χ1v) is 8.43. The van der Waals surface area contributed by atoms with Gasteiger partial charge in [0.15, 0.2) is 0 Å². The van der Waals surface area contributed by atoms with Gasteiger partial charge in [-0.25, -0.2) is 5.48 Å². The smallest absolute Gasteiger partial charge is 0.274 e. The van der Waals surface area contributed by atoms with Gasteiger partial charge in [-0.05, 0) is 41.0 Å². The van der Waals surface area contributed by atoms with Gasteiger partial charge in [0.25, 0.3) is 5.91 Å². The van der Waals surface area contributed by atoms with Crippen LogP contribution in [-0.4, -0.2) is 11.1 Å². The lowest BCUT2D eigenvalue weighted by molar-refractivity contribution is 0.0706. The van der Waals surface area contributed by atoms with Crippen molar-refractivity contribution in [2.24, 2.45) is 0 Å². The van der Waals surface area contributed by atoms with Gasteiger partial charge >= 0.3 is 0 Å². The Balaban J connectivity index is 1.79. The molecule has 4 rings (SSSR count). The monoisotopic (exact) mass is 342 g/mol. The van der Waals surface area contributed by atoms with Crippen molar-refractivity contribution >= 4 is 29.4 Å². The number of hydrogen-bond acceptors (Lipinski definition) is 3. The molecule has 1 heterocycles. The predicted molar refractivity (Wildman–Crippen MR) is 103 cm³/mol. The molecule has 1 aliphatic rings. The SMILES string of the molecule is O=C(NO)c1cccc(CN2c3ccccc3C=Cc3ccccc32)c1. The van der Waals surface area contributed by atoms with Crippen LogP contribution in [0.4, 0.5) is 11.4 Å². The molecule has 128 valence electrons. The van der Waals surface area contributed by atoms with E-state index in [1.54, 1.807) is 17.6 Å². The summed E-state index contributed by atoms with van der Waals surface area (Å²) in [5.74, 6) is -0.509. The maximum absolute atomic E-state index is 11.7. The largest absolute Gasteiger partial charge is 0.336 e. The average molecular weight is 342 g/mol. The molecule has 0 atom stereocenters. The molecular formula is C22H18N2O2. The Morgan fingerprint density at radius 2 is 1.46 bits per heavy atom. The Bertz CT molecular complexity index is 945. The number of carbonyl (C=O) groups is 1. The van der Waals surface area contributed by atoms with Crippen LogP contribution >= 0.6 is 0 Å². The van der Waals surface area contributed by atoms with Crippen LogP contribution in [0.15, 0.2) is 72.8 Å². The Morgan fingerprint density at radius 1 is 0.846 bits per heavy atom. The molecule has 0 bridgehead atoms. The topological polar surface area (TPSA) is 52.6 Å². The van der Waals surface area contributed by atoms with E-state index in [0.29, 0.717) is 12.1 Å². The lowest BCUT2D eigenvalue weighted by atomic mass is 10.1. The van der Waals surface area contributed by atoms with E-state index in [9.17, 15) is 4.79 Å². The number of amides is 1. The summed E-state index contributed by atoms with van der Waals surface area (Å²) in [5.41, 5.74) is 7.63. The Kier molecular flexibility index (Phi) is 4.25. The lowest BCUT2D eigenvalue weighted by Gasteiger charge is -2.27. The molecule has 1 amide bonds. The highest BCUT2D eigenvalue weighted by molar-refractivity contribution is 5.93. The van der Waals surface area contributed by atoms with Gasteiger partial charge in [0.05, 0.1) is 0 Å². The number of rotatable bonds is 3. The van der Waals surface area contributed by atoms with E-state index in [1.807, 2.05) is 36.4 Å². The number of benzene rings is 3. The van der Waals surface area contributed by atoms with Gasteiger partial charge in [-0.3, -0.25) is 10.0 Å². The second-order valence-electron chi connectivity index (χ2n) is 6.18. The van der Waals surface area contributed by atoms with E-state index in [-0.39, 0.29) is 0 Å². The van der Waals surface area contributed by atoms with Crippen LogP contribution in [0, 0.1) is 0 Å². The van der Waals surface area contributed by atoms with E-state index in [4.69, 9.17) is 5.21 Å². The van der Waals surface area contributed by atoms with Crippen molar-refractivity contribution in [1.29, 1.82) is 0 Å². The summed E-state index contributed by atoms with van der Waals surface area (Å²) in [5, 5.41) is 8.88. The molecule has 4 nitrogen and oxygen atoms in total. The van der Waals surface area contributed by atoms with Crippen molar-refractivity contribution in [3.8, 4) is 0 Å². The number of fused-ring (bicyclic) bond motifs is 2. The number of nitrogens with zero attached hydrogens (tertiary/aromatic N) is 1. The zero-order valence-electron chi connectivity index (χ0n) is 14.1. The van der Waals surface area contributed by atoms with Gasteiger partial charge in [0.1, 0.15) is 0 Å². The number of hydroxylamine groups is 1. The van der Waals surface area contributed by atoms with E-state index >= 15 is 0 Å². The van der Waals surface area contributed by atoms with Crippen LogP contribution in [0.1, 0.15) is 27.0 Å². The van der Waals surface area contributed by atoms with E-state index in [0.717, 1.165) is 28.1 Å². The maximum atomic E-state index is 11.7. The van der Waals surface area contributed by atoms with Crippen LogP contribution in [0.25, 0.3) is 12.2 Å². The molecule has 0 spiro atoms. The summed E-state index contributed by atoms with van der Waals surface area (Å²) in [7, 11) is 0. The summed E-state index contributed by atoms with van der Waals surface area (Å²) in [6.07, 6.45) is 4.26. The zero-order valence-corrected chi connectivity index (χ0v) is 14.1. The Hall–Kier alpha value is -3.37. The average Bonchev–Trinajstić information content (AvgIpc) is 2.85. The molecule has 0 aromatic heterocycles. The second kappa shape index (κ2) is 6.86. The summed E-state index contributed by atoms with van der Waals surface area (Å²) < 4.78 is 0. The highest BCUT2D eigenvalue weighted by Gasteiger charge is 2.18. The first-order chi connectivity index (χ1) is 12.8. The molecule has 0 saturated carbocycles.